The van der Waals surface area contributed by atoms with Crippen molar-refractivity contribution >= 4 is 16.9 Å². The number of aromatic amines is 1. The summed E-state index contributed by atoms with van der Waals surface area (Å²) >= 11 is 0. The Balaban J connectivity index is 1.39. The molecule has 1 aliphatic heterocycles. The Hall–Kier alpha value is -4.13. The summed E-state index contributed by atoms with van der Waals surface area (Å²) in [6.07, 6.45) is 5.67. The number of hydrogen-bond acceptors (Lipinski definition) is 3. The van der Waals surface area contributed by atoms with Gasteiger partial charge in [0.15, 0.2) is 0 Å². The van der Waals surface area contributed by atoms with E-state index in [-0.39, 0.29) is 5.91 Å². The fourth-order valence-corrected chi connectivity index (χ4v) is 4.28. The molecule has 0 atom stereocenters. The first-order valence-electron chi connectivity index (χ1n) is 10.2. The van der Waals surface area contributed by atoms with Crippen molar-refractivity contribution in [3.63, 3.8) is 0 Å². The number of nitrogens with one attached hydrogen (secondary N) is 1. The van der Waals surface area contributed by atoms with Crippen molar-refractivity contribution in [2.24, 2.45) is 0 Å². The lowest BCUT2D eigenvalue weighted by molar-refractivity contribution is 0.0749. The second-order valence-corrected chi connectivity index (χ2v) is 7.89. The van der Waals surface area contributed by atoms with E-state index in [1.165, 1.54) is 5.56 Å². The number of carbonyl (C=O) groups is 1. The minimum atomic E-state index is -0.00457. The van der Waals surface area contributed by atoms with Gasteiger partial charge < -0.3 is 14.5 Å². The predicted molar refractivity (Wildman–Crippen MR) is 117 cm³/mol. The summed E-state index contributed by atoms with van der Waals surface area (Å²) in [5, 5.41) is 4.91. The van der Waals surface area contributed by atoms with Crippen molar-refractivity contribution in [3.8, 4) is 11.5 Å². The molecule has 7 nitrogen and oxygen atoms in total. The zero-order valence-corrected chi connectivity index (χ0v) is 17.0. The Morgan fingerprint density at radius 1 is 1.03 bits per heavy atom. The number of amides is 1. The molecule has 2 aromatic carbocycles. The van der Waals surface area contributed by atoms with Crippen LogP contribution in [0.4, 0.5) is 0 Å². The van der Waals surface area contributed by atoms with Gasteiger partial charge in [0.2, 0.25) is 0 Å². The van der Waals surface area contributed by atoms with Crippen LogP contribution in [0.5, 0.6) is 0 Å². The van der Waals surface area contributed by atoms with Crippen molar-refractivity contribution < 1.29 is 4.79 Å². The number of H-pyrrole nitrogens is 1. The van der Waals surface area contributed by atoms with Gasteiger partial charge in [-0.05, 0) is 55.0 Å². The maximum atomic E-state index is 13.2. The topological polar surface area (TPSA) is 71.7 Å². The molecule has 0 unspecified atom stereocenters. The Labute approximate surface area is 178 Å². The molecule has 0 fully saturated rings. The van der Waals surface area contributed by atoms with Gasteiger partial charge in [0, 0.05) is 23.5 Å². The van der Waals surface area contributed by atoms with Crippen LogP contribution in [-0.4, -0.2) is 35.1 Å². The van der Waals surface area contributed by atoms with E-state index in [0.29, 0.717) is 18.7 Å². The highest BCUT2D eigenvalue weighted by molar-refractivity contribution is 5.97. The molecule has 0 saturated heterocycles. The van der Waals surface area contributed by atoms with Crippen LogP contribution < -0.4 is 0 Å². The van der Waals surface area contributed by atoms with Gasteiger partial charge in [0.1, 0.15) is 5.82 Å². The summed E-state index contributed by atoms with van der Waals surface area (Å²) in [6, 6.07) is 17.9. The molecule has 7 heteroatoms. The maximum absolute atomic E-state index is 13.2. The van der Waals surface area contributed by atoms with Crippen molar-refractivity contribution in [1.29, 1.82) is 0 Å². The van der Waals surface area contributed by atoms with Crippen molar-refractivity contribution in [2.75, 3.05) is 0 Å². The molecule has 1 aliphatic rings. The third-order valence-corrected chi connectivity index (χ3v) is 5.78. The number of fused-ring (bicyclic) bond motifs is 2. The molecule has 5 aromatic rings. The summed E-state index contributed by atoms with van der Waals surface area (Å²) in [4.78, 5) is 22.4. The molecule has 1 amide bonds. The van der Waals surface area contributed by atoms with E-state index in [0.717, 1.165) is 33.8 Å². The van der Waals surface area contributed by atoms with Gasteiger partial charge in [-0.1, -0.05) is 12.1 Å². The van der Waals surface area contributed by atoms with Crippen molar-refractivity contribution in [3.05, 3.63) is 95.7 Å². The Kier molecular flexibility index (Phi) is 3.83. The van der Waals surface area contributed by atoms with Crippen LogP contribution in [0.3, 0.4) is 0 Å². The minimum Gasteiger partial charge on any atom is -0.345 e. The lowest BCUT2D eigenvalue weighted by Crippen LogP contribution is -2.26. The van der Waals surface area contributed by atoms with Crippen LogP contribution in [0.1, 0.15) is 27.2 Å². The lowest BCUT2D eigenvalue weighted by Gasteiger charge is -2.18. The zero-order chi connectivity index (χ0) is 20.9. The number of hydrogen-bond donors (Lipinski definition) is 1. The molecule has 3 aromatic heterocycles. The summed E-state index contributed by atoms with van der Waals surface area (Å²) in [5.41, 5.74) is 6.56. The molecule has 152 valence electrons. The average Bonchev–Trinajstić information content (AvgIpc) is 3.55. The van der Waals surface area contributed by atoms with Gasteiger partial charge in [0.05, 0.1) is 41.8 Å². The Morgan fingerprint density at radius 3 is 2.74 bits per heavy atom. The van der Waals surface area contributed by atoms with Crippen LogP contribution in [0.25, 0.3) is 22.5 Å². The van der Waals surface area contributed by atoms with E-state index < -0.39 is 0 Å². The molecular formula is C24H20N6O. The normalized spacial score (nSPS) is 13.1. The molecule has 0 radical (unpaired) electrons. The van der Waals surface area contributed by atoms with Crippen LogP contribution in [0.2, 0.25) is 0 Å². The fraction of sp³-hybridized carbons (Fsp3) is 0.125. The number of aromatic nitrogens is 5. The summed E-state index contributed by atoms with van der Waals surface area (Å²) in [7, 11) is 0. The van der Waals surface area contributed by atoms with E-state index in [1.807, 2.05) is 58.4 Å². The summed E-state index contributed by atoms with van der Waals surface area (Å²) < 4.78 is 4.05. The van der Waals surface area contributed by atoms with Gasteiger partial charge in [-0.2, -0.15) is 5.10 Å². The van der Waals surface area contributed by atoms with Crippen LogP contribution in [-0.2, 0) is 13.1 Å². The smallest absolute Gasteiger partial charge is 0.254 e. The van der Waals surface area contributed by atoms with Crippen LogP contribution in [0, 0.1) is 6.92 Å². The SMILES string of the molecule is Cc1cccc(-n2nc3c(c2-n2cccc2)CN(C(=O)c2ccc4nc[nH]c4c2)C3)c1. The van der Waals surface area contributed by atoms with Gasteiger partial charge in [-0.25, -0.2) is 9.67 Å². The summed E-state index contributed by atoms with van der Waals surface area (Å²) in [6.45, 7) is 3.09. The van der Waals surface area contributed by atoms with E-state index in [1.54, 1.807) is 6.33 Å². The number of carbonyl (C=O) groups excluding carboxylic acids is 1. The van der Waals surface area contributed by atoms with Gasteiger partial charge >= 0.3 is 0 Å². The van der Waals surface area contributed by atoms with E-state index >= 15 is 0 Å². The van der Waals surface area contributed by atoms with E-state index in [2.05, 4.69) is 39.7 Å². The van der Waals surface area contributed by atoms with Gasteiger partial charge in [-0.15, -0.1) is 0 Å². The fourth-order valence-electron chi connectivity index (χ4n) is 4.28. The first-order valence-corrected chi connectivity index (χ1v) is 10.2. The standard InChI is InChI=1S/C24H20N6O/c1-16-5-4-6-18(11-16)30-23(28-9-2-3-10-28)19-13-29(14-22(19)27-30)24(31)17-7-8-20-21(12-17)26-15-25-20/h2-12,15H,13-14H2,1H3,(H,25,26). The third kappa shape index (κ3) is 2.85. The first kappa shape index (κ1) is 17.7. The highest BCUT2D eigenvalue weighted by Gasteiger charge is 2.32. The second-order valence-electron chi connectivity index (χ2n) is 7.89. The molecular weight excluding hydrogens is 388 g/mol. The summed E-state index contributed by atoms with van der Waals surface area (Å²) in [5.74, 6) is 0.972. The monoisotopic (exact) mass is 408 g/mol. The minimum absolute atomic E-state index is 0.00457. The number of rotatable bonds is 3. The highest BCUT2D eigenvalue weighted by atomic mass is 16.2. The van der Waals surface area contributed by atoms with E-state index in [4.69, 9.17) is 5.10 Å². The average molecular weight is 408 g/mol. The first-order chi connectivity index (χ1) is 15.2. The van der Waals surface area contributed by atoms with Crippen molar-refractivity contribution in [2.45, 2.75) is 20.0 Å². The zero-order valence-electron chi connectivity index (χ0n) is 17.0. The lowest BCUT2D eigenvalue weighted by atomic mass is 10.2. The van der Waals surface area contributed by atoms with Crippen molar-refractivity contribution in [1.82, 2.24) is 29.2 Å². The molecule has 6 rings (SSSR count). The Bertz CT molecular complexity index is 1430. The number of benzene rings is 2. The van der Waals surface area contributed by atoms with Crippen LogP contribution in [0.15, 0.2) is 73.3 Å². The predicted octanol–water partition coefficient (Wildman–Crippen LogP) is 4.00. The molecule has 0 aliphatic carbocycles. The maximum Gasteiger partial charge on any atom is 0.254 e. The molecule has 31 heavy (non-hydrogen) atoms. The van der Waals surface area contributed by atoms with Crippen LogP contribution >= 0.6 is 0 Å². The largest absolute Gasteiger partial charge is 0.345 e. The Morgan fingerprint density at radius 2 is 1.90 bits per heavy atom. The third-order valence-electron chi connectivity index (χ3n) is 5.78. The molecule has 0 bridgehead atoms. The second kappa shape index (κ2) is 6.70. The van der Waals surface area contributed by atoms with E-state index in [9.17, 15) is 4.79 Å². The highest BCUT2D eigenvalue weighted by Crippen LogP contribution is 2.31. The molecule has 0 spiro atoms. The number of aryl methyl sites for hydroxylation is 1. The van der Waals surface area contributed by atoms with Gasteiger partial charge in [-0.3, -0.25) is 4.79 Å². The number of nitrogens with zero attached hydrogens (tertiary/aromatic N) is 5. The molecule has 4 heterocycles. The quantitative estimate of drug-likeness (QED) is 0.490. The molecule has 1 N–H and O–H groups in total. The molecule has 0 saturated carbocycles. The number of imidazole rings is 1. The van der Waals surface area contributed by atoms with Gasteiger partial charge in [0.25, 0.3) is 5.91 Å².